The molecule has 2 aliphatic rings. The molecule has 0 radical (unpaired) electrons. The van der Waals surface area contributed by atoms with Gasteiger partial charge in [0.15, 0.2) is 6.29 Å². The molecule has 51 heavy (non-hydrogen) atoms. The normalized spacial score (nSPS) is 21.6. The van der Waals surface area contributed by atoms with Gasteiger partial charge in [0.25, 0.3) is 11.8 Å². The number of imide groups is 1. The Balaban J connectivity index is 1.12. The van der Waals surface area contributed by atoms with E-state index in [0.29, 0.717) is 28.0 Å². The van der Waals surface area contributed by atoms with Crippen molar-refractivity contribution in [1.29, 1.82) is 0 Å². The number of hydrogen-bond acceptors (Lipinski definition) is 16. The molecule has 19 heteroatoms. The van der Waals surface area contributed by atoms with Crippen molar-refractivity contribution in [2.24, 2.45) is 0 Å². The van der Waals surface area contributed by atoms with Crippen LogP contribution in [0.3, 0.4) is 0 Å². The van der Waals surface area contributed by atoms with Gasteiger partial charge in [-0.3, -0.25) is 24.6 Å². The lowest BCUT2D eigenvalue weighted by molar-refractivity contribution is -0.302. The van der Waals surface area contributed by atoms with Gasteiger partial charge in [0, 0.05) is 52.9 Å². The van der Waals surface area contributed by atoms with Crippen LogP contribution in [0.2, 0.25) is 0 Å². The monoisotopic (exact) mass is 757 g/mol. The van der Waals surface area contributed by atoms with Crippen molar-refractivity contribution in [3.63, 3.8) is 0 Å². The average molecular weight is 758 g/mol. The molecule has 4 rings (SSSR count). The van der Waals surface area contributed by atoms with Gasteiger partial charge in [0.05, 0.1) is 51.9 Å². The van der Waals surface area contributed by atoms with Crippen LogP contribution >= 0.6 is 21.6 Å². The van der Waals surface area contributed by atoms with E-state index in [9.17, 15) is 39.6 Å². The van der Waals surface area contributed by atoms with Crippen LogP contribution in [0.4, 0.5) is 10.5 Å². The smallest absolute Gasteiger partial charge is 0.411 e. The van der Waals surface area contributed by atoms with Gasteiger partial charge in [-0.1, -0.05) is 33.7 Å². The molecule has 7 N–H and O–H groups in total. The first kappa shape index (κ1) is 40.7. The number of ether oxygens (including phenoxy) is 5. The summed E-state index contributed by atoms with van der Waals surface area (Å²) in [5.74, 6) is -0.360. The molecule has 17 nitrogen and oxygen atoms in total. The summed E-state index contributed by atoms with van der Waals surface area (Å²) in [5.41, 5.74) is 0.923. The molecule has 4 amide bonds. The van der Waals surface area contributed by atoms with Crippen molar-refractivity contribution in [3.8, 4) is 0 Å². The second-order valence-electron chi connectivity index (χ2n) is 11.2. The van der Waals surface area contributed by atoms with Crippen LogP contribution in [0.5, 0.6) is 0 Å². The van der Waals surface area contributed by atoms with E-state index in [0.717, 1.165) is 4.90 Å². The molecular weight excluding hydrogens is 714 g/mol. The van der Waals surface area contributed by atoms with Crippen molar-refractivity contribution in [1.82, 2.24) is 10.2 Å². The lowest BCUT2D eigenvalue weighted by Gasteiger charge is -2.39. The fraction of sp³-hybridized carbons (Fsp3) is 0.562. The summed E-state index contributed by atoms with van der Waals surface area (Å²) in [6, 6.07) is 8.02. The van der Waals surface area contributed by atoms with Gasteiger partial charge in [-0.2, -0.15) is 0 Å². The van der Waals surface area contributed by atoms with Crippen LogP contribution in [-0.2, 0) is 28.5 Å². The lowest BCUT2D eigenvalue weighted by Crippen LogP contribution is -2.59. The minimum atomic E-state index is -1.53. The first-order chi connectivity index (χ1) is 24.7. The highest BCUT2D eigenvalue weighted by molar-refractivity contribution is 8.76. The van der Waals surface area contributed by atoms with Gasteiger partial charge in [-0.05, 0) is 18.2 Å². The number of amides is 4. The molecular formula is C32H43N3O14S2. The molecule has 0 unspecified atom stereocenters. The van der Waals surface area contributed by atoms with Gasteiger partial charge in [-0.15, -0.1) is 0 Å². The van der Waals surface area contributed by atoms with Crippen molar-refractivity contribution < 1.29 is 68.4 Å². The highest BCUT2D eigenvalue weighted by atomic mass is 33.1. The van der Waals surface area contributed by atoms with Crippen LogP contribution in [0.25, 0.3) is 10.8 Å². The minimum absolute atomic E-state index is 0.00325. The fourth-order valence-electron chi connectivity index (χ4n) is 5.24. The summed E-state index contributed by atoms with van der Waals surface area (Å²) in [6.07, 6.45) is -7.59. The maximum Gasteiger partial charge on any atom is 0.411 e. The first-order valence-electron chi connectivity index (χ1n) is 16.2. The topological polar surface area (TPSA) is 243 Å². The van der Waals surface area contributed by atoms with Crippen molar-refractivity contribution >= 4 is 61.9 Å². The maximum absolute atomic E-state index is 13.3. The molecule has 1 fully saturated rings. The van der Waals surface area contributed by atoms with Crippen molar-refractivity contribution in [2.45, 2.75) is 37.1 Å². The number of hydrogen-bond donors (Lipinski definition) is 7. The Hall–Kier alpha value is -3.08. The molecule has 0 aromatic heterocycles. The predicted octanol–water partition coefficient (Wildman–Crippen LogP) is -0.286. The number of nitrogens with one attached hydrogen (secondary N) is 2. The molecule has 0 bridgehead atoms. The molecule has 0 saturated carbocycles. The third-order valence-electron chi connectivity index (χ3n) is 7.75. The molecule has 2 aliphatic heterocycles. The number of carbonyl (C=O) groups is 4. The Morgan fingerprint density at radius 2 is 1.55 bits per heavy atom. The molecule has 0 aliphatic carbocycles. The predicted molar refractivity (Wildman–Crippen MR) is 185 cm³/mol. The number of aliphatic hydroxyl groups excluding tert-OH is 5. The number of benzene rings is 2. The largest absolute Gasteiger partial charge is 0.448 e. The summed E-state index contributed by atoms with van der Waals surface area (Å²) < 4.78 is 26.6. The average Bonchev–Trinajstić information content (AvgIpc) is 3.13. The number of nitrogens with zero attached hydrogens (tertiary/aromatic N) is 1. The van der Waals surface area contributed by atoms with Gasteiger partial charge >= 0.3 is 6.09 Å². The van der Waals surface area contributed by atoms with Crippen molar-refractivity contribution in [2.75, 3.05) is 82.8 Å². The minimum Gasteiger partial charge on any atom is -0.448 e. The van der Waals surface area contributed by atoms with Gasteiger partial charge in [0.2, 0.25) is 5.91 Å². The van der Waals surface area contributed by atoms with E-state index >= 15 is 0 Å². The summed E-state index contributed by atoms with van der Waals surface area (Å²) in [7, 11) is 2.95. The number of aliphatic hydroxyl groups is 5. The highest BCUT2D eigenvalue weighted by Gasteiger charge is 2.44. The Bertz CT molecular complexity index is 1460. The van der Waals surface area contributed by atoms with Gasteiger partial charge in [0.1, 0.15) is 31.0 Å². The zero-order chi connectivity index (χ0) is 36.8. The Morgan fingerprint density at radius 1 is 0.843 bits per heavy atom. The third-order valence-corrected chi connectivity index (χ3v) is 10.1. The highest BCUT2D eigenvalue weighted by Crippen LogP contribution is 2.34. The van der Waals surface area contributed by atoms with E-state index in [1.54, 1.807) is 24.3 Å². The second-order valence-corrected chi connectivity index (χ2v) is 13.9. The molecule has 5 atom stereocenters. The Labute approximate surface area is 301 Å². The van der Waals surface area contributed by atoms with E-state index < -0.39 is 55.2 Å². The zero-order valence-corrected chi connectivity index (χ0v) is 29.3. The molecule has 2 aromatic carbocycles. The maximum atomic E-state index is 13.3. The van der Waals surface area contributed by atoms with Crippen LogP contribution in [0, 0.1) is 0 Å². The third kappa shape index (κ3) is 11.2. The molecule has 1 saturated heterocycles. The lowest BCUT2D eigenvalue weighted by atomic mass is 9.93. The number of rotatable bonds is 21. The Morgan fingerprint density at radius 3 is 2.29 bits per heavy atom. The van der Waals surface area contributed by atoms with Crippen LogP contribution in [-0.4, -0.2) is 162 Å². The molecule has 0 spiro atoms. The van der Waals surface area contributed by atoms with E-state index in [2.05, 4.69) is 10.6 Å². The number of anilines is 1. The standard InChI is InChI=1S/C32H43N3O14S2/c36-9-16-50-51-17-15-48-32(44)34-22-5-4-21-25-19(22)2-1-3-20(25)29(42)35(30(21)43)8-6-24(38)33-7-10-45-11-12-46-13-14-47-31-28(41)27(40)26(39)23(18-37)49-31/h1-5,23,26-28,31,36-37,39-41H,6-18H2,(H,33,38)(H,34,44)/t23-,26+,27+,28-,31-/m1/s1. The zero-order valence-electron chi connectivity index (χ0n) is 27.6. The quantitative estimate of drug-likeness (QED) is 0.0492. The van der Waals surface area contributed by atoms with E-state index in [1.807, 2.05) is 0 Å². The van der Waals surface area contributed by atoms with E-state index in [1.165, 1.54) is 27.7 Å². The van der Waals surface area contributed by atoms with E-state index in [4.69, 9.17) is 28.8 Å². The second kappa shape index (κ2) is 20.8. The SMILES string of the molecule is O=C(CCN1C(=O)c2cccc3c(NC(=O)OCCSSCCO)ccc(c23)C1=O)NCCOCCOCCO[C@@H]1O[C@H](CO)[C@H](O)[C@H](O)[C@H]1O. The van der Waals surface area contributed by atoms with Crippen LogP contribution in [0.15, 0.2) is 30.3 Å². The first-order valence-corrected chi connectivity index (χ1v) is 18.7. The molecule has 2 heterocycles. The Kier molecular flexibility index (Phi) is 16.6. The fourth-order valence-corrected chi connectivity index (χ4v) is 6.84. The van der Waals surface area contributed by atoms with Crippen molar-refractivity contribution in [3.05, 3.63) is 41.5 Å². The van der Waals surface area contributed by atoms with Gasteiger partial charge < -0.3 is 54.5 Å². The number of carbonyl (C=O) groups excluding carboxylic acids is 4. The molecule has 2 aromatic rings. The summed E-state index contributed by atoms with van der Waals surface area (Å²) in [4.78, 5) is 52.5. The summed E-state index contributed by atoms with van der Waals surface area (Å²) >= 11 is 0. The summed E-state index contributed by atoms with van der Waals surface area (Å²) in [6.45, 7) is 0.427. The summed E-state index contributed by atoms with van der Waals surface area (Å²) in [5, 5.41) is 53.8. The molecule has 282 valence electrons. The van der Waals surface area contributed by atoms with Crippen LogP contribution in [0.1, 0.15) is 27.1 Å². The van der Waals surface area contributed by atoms with Gasteiger partial charge in [-0.25, -0.2) is 4.79 Å². The van der Waals surface area contributed by atoms with Crippen LogP contribution < -0.4 is 10.6 Å². The van der Waals surface area contributed by atoms with E-state index in [-0.39, 0.29) is 82.8 Å².